The molecule has 0 aliphatic carbocycles. The van der Waals surface area contributed by atoms with Crippen molar-refractivity contribution >= 4 is 39.5 Å². The minimum absolute atomic E-state index is 0.107. The Balaban J connectivity index is 5.24. The summed E-state index contributed by atoms with van der Waals surface area (Å²) in [5, 5.41) is 10.7. The molecular weight excluding hydrogens is 1390 g/mol. The molecule has 0 fully saturated rings. The van der Waals surface area contributed by atoms with Crippen LogP contribution < -0.4 is 0 Å². The highest BCUT2D eigenvalue weighted by atomic mass is 31.2. The number of carbonyl (C=O) groups is 4. The quantitative estimate of drug-likeness (QED) is 0.0222. The first-order chi connectivity index (χ1) is 51.7. The number of hydrogen-bond acceptors (Lipinski definition) is 15. The lowest BCUT2D eigenvalue weighted by Gasteiger charge is -2.21. The Morgan fingerprint density at radius 3 is 0.636 bits per heavy atom. The topological polar surface area (TPSA) is 237 Å². The van der Waals surface area contributed by atoms with Crippen LogP contribution in [-0.4, -0.2) is 96.7 Å². The van der Waals surface area contributed by atoms with Gasteiger partial charge in [0.15, 0.2) is 12.2 Å². The second kappa shape index (κ2) is 78.0. The maximum atomic E-state index is 13.2. The predicted octanol–water partition coefficient (Wildman–Crippen LogP) is 26.9. The average molecular weight is 1560 g/mol. The number of phosphoric acid groups is 2. The van der Waals surface area contributed by atoms with Crippen LogP contribution in [0.25, 0.3) is 0 Å². The van der Waals surface area contributed by atoms with Crippen LogP contribution in [0.1, 0.15) is 466 Å². The van der Waals surface area contributed by atoms with Crippen molar-refractivity contribution in [3.8, 4) is 0 Å². The third-order valence-electron chi connectivity index (χ3n) is 20.6. The molecule has 0 spiro atoms. The fraction of sp³-hybridized carbons (Fsp3) is 0.955. The Kier molecular flexibility index (Phi) is 76.6. The third-order valence-corrected chi connectivity index (χ3v) is 22.5. The lowest BCUT2D eigenvalue weighted by molar-refractivity contribution is -0.161. The van der Waals surface area contributed by atoms with E-state index in [1.807, 2.05) is 0 Å². The number of rotatable bonds is 86. The van der Waals surface area contributed by atoms with Gasteiger partial charge in [-0.2, -0.15) is 0 Å². The Morgan fingerprint density at radius 2 is 0.430 bits per heavy atom. The van der Waals surface area contributed by atoms with Crippen molar-refractivity contribution in [3.05, 3.63) is 0 Å². The van der Waals surface area contributed by atoms with Gasteiger partial charge in [0.2, 0.25) is 0 Å². The van der Waals surface area contributed by atoms with E-state index >= 15 is 0 Å². The number of unbranched alkanes of at least 4 members (excludes halogenated alkanes) is 54. The summed E-state index contributed by atoms with van der Waals surface area (Å²) in [6, 6.07) is 0. The van der Waals surface area contributed by atoms with Crippen molar-refractivity contribution in [2.45, 2.75) is 484 Å². The minimum Gasteiger partial charge on any atom is -0.462 e. The second-order valence-corrected chi connectivity index (χ2v) is 36.0. The van der Waals surface area contributed by atoms with Crippen LogP contribution >= 0.6 is 15.6 Å². The minimum atomic E-state index is -4.97. The van der Waals surface area contributed by atoms with Gasteiger partial charge in [0.05, 0.1) is 26.4 Å². The van der Waals surface area contributed by atoms with Crippen LogP contribution in [0.2, 0.25) is 0 Å². The SMILES string of the molecule is CCCCCCCCCCCCCCCCCCCCCC(=O)OC[C@H](COP(=O)(O)OC[C@@H](O)COP(=O)(O)OC[C@@H](COC(=O)CCCCCCCCCCC(C)C)OC(=O)CCCCCCCCCCCCCCCCCC(C)C)OC(=O)CCCCCCCCCCCCCCCCCCC(C)C. The van der Waals surface area contributed by atoms with Gasteiger partial charge in [-0.05, 0) is 43.4 Å². The molecule has 0 saturated heterocycles. The average Bonchev–Trinajstić information content (AvgIpc) is 0.904. The van der Waals surface area contributed by atoms with E-state index in [1.54, 1.807) is 0 Å². The highest BCUT2D eigenvalue weighted by Crippen LogP contribution is 2.45. The molecule has 0 heterocycles. The van der Waals surface area contributed by atoms with Crippen LogP contribution in [0.5, 0.6) is 0 Å². The fourth-order valence-corrected chi connectivity index (χ4v) is 15.3. The van der Waals surface area contributed by atoms with E-state index in [9.17, 15) is 43.2 Å². The molecular formula is C88H172O17P2. The van der Waals surface area contributed by atoms with E-state index in [1.165, 1.54) is 276 Å². The first kappa shape index (κ1) is 105. The lowest BCUT2D eigenvalue weighted by Crippen LogP contribution is -2.30. The summed E-state index contributed by atoms with van der Waals surface area (Å²) in [4.78, 5) is 73.3. The molecule has 636 valence electrons. The molecule has 0 saturated carbocycles. The molecule has 3 N–H and O–H groups in total. The van der Waals surface area contributed by atoms with Gasteiger partial charge < -0.3 is 33.8 Å². The van der Waals surface area contributed by atoms with E-state index in [0.717, 1.165) is 108 Å². The predicted molar refractivity (Wildman–Crippen MR) is 441 cm³/mol. The van der Waals surface area contributed by atoms with Crippen molar-refractivity contribution in [1.82, 2.24) is 0 Å². The van der Waals surface area contributed by atoms with Crippen molar-refractivity contribution in [2.75, 3.05) is 39.6 Å². The first-order valence-electron chi connectivity index (χ1n) is 45.3. The largest absolute Gasteiger partial charge is 0.472 e. The molecule has 19 heteroatoms. The number of ether oxygens (including phenoxy) is 4. The summed E-state index contributed by atoms with van der Waals surface area (Å²) in [5.74, 6) is 0.236. The number of esters is 4. The zero-order chi connectivity index (χ0) is 78.6. The van der Waals surface area contributed by atoms with Gasteiger partial charge in [-0.15, -0.1) is 0 Å². The summed E-state index contributed by atoms with van der Waals surface area (Å²) in [7, 11) is -9.93. The van der Waals surface area contributed by atoms with Gasteiger partial charge in [0, 0.05) is 25.7 Å². The molecule has 2 unspecified atom stereocenters. The number of carbonyl (C=O) groups excluding carboxylic acids is 4. The summed E-state index contributed by atoms with van der Waals surface area (Å²) < 4.78 is 69.0. The zero-order valence-electron chi connectivity index (χ0n) is 70.6. The van der Waals surface area contributed by atoms with Crippen molar-refractivity contribution in [2.24, 2.45) is 17.8 Å². The van der Waals surface area contributed by atoms with Gasteiger partial charge in [-0.3, -0.25) is 37.3 Å². The first-order valence-corrected chi connectivity index (χ1v) is 48.3. The fourth-order valence-electron chi connectivity index (χ4n) is 13.7. The van der Waals surface area contributed by atoms with E-state index in [0.29, 0.717) is 25.7 Å². The van der Waals surface area contributed by atoms with Crippen LogP contribution in [0, 0.1) is 17.8 Å². The molecule has 0 aliphatic heterocycles. The molecule has 0 aromatic carbocycles. The third kappa shape index (κ3) is 81.9. The molecule has 5 atom stereocenters. The molecule has 0 aromatic rings. The van der Waals surface area contributed by atoms with E-state index < -0.39 is 97.5 Å². The molecule has 0 aromatic heterocycles. The molecule has 0 amide bonds. The lowest BCUT2D eigenvalue weighted by atomic mass is 10.0. The Morgan fingerprint density at radius 1 is 0.252 bits per heavy atom. The molecule has 0 rings (SSSR count). The molecule has 0 radical (unpaired) electrons. The summed E-state index contributed by atoms with van der Waals surface area (Å²) in [5.41, 5.74) is 0. The smallest absolute Gasteiger partial charge is 0.462 e. The maximum absolute atomic E-state index is 13.2. The highest BCUT2D eigenvalue weighted by molar-refractivity contribution is 7.47. The van der Waals surface area contributed by atoms with Gasteiger partial charge in [-0.1, -0.05) is 414 Å². The van der Waals surface area contributed by atoms with Crippen LogP contribution in [0.4, 0.5) is 0 Å². The standard InChI is InChI=1S/C88H172O17P2/c1-8-9-10-11-12-13-14-15-16-17-18-19-25-30-35-40-48-55-62-69-85(90)98-75-83(104-87(92)71-64-57-50-41-36-31-26-21-20-23-28-33-38-45-52-59-66-79(2)3)77-102-106(94,95)100-73-82(89)74-101-107(96,97)103-78-84(76-99-86(91)70-63-56-49-44-43-47-54-61-68-81(6)7)105-88(93)72-65-58-51-42-37-32-27-22-24-29-34-39-46-53-60-67-80(4)5/h79-84,89H,8-78H2,1-7H3,(H,94,95)(H,96,97)/t82-,83-,84-/m1/s1. The van der Waals surface area contributed by atoms with Gasteiger partial charge in [0.25, 0.3) is 0 Å². The van der Waals surface area contributed by atoms with Crippen LogP contribution in [0.3, 0.4) is 0 Å². The van der Waals surface area contributed by atoms with Crippen molar-refractivity contribution in [1.29, 1.82) is 0 Å². The van der Waals surface area contributed by atoms with Crippen molar-refractivity contribution < 1.29 is 80.2 Å². The number of hydrogen-bond donors (Lipinski definition) is 3. The van der Waals surface area contributed by atoms with E-state index in [4.69, 9.17) is 37.0 Å². The Labute approximate surface area is 658 Å². The van der Waals surface area contributed by atoms with Gasteiger partial charge in [-0.25, -0.2) is 9.13 Å². The molecule has 0 aliphatic rings. The van der Waals surface area contributed by atoms with Crippen LogP contribution in [0.15, 0.2) is 0 Å². The monoisotopic (exact) mass is 1560 g/mol. The van der Waals surface area contributed by atoms with Crippen LogP contribution in [-0.2, 0) is 65.4 Å². The summed E-state index contributed by atoms with van der Waals surface area (Å²) in [6.07, 6.45) is 69.5. The molecule has 107 heavy (non-hydrogen) atoms. The number of phosphoric ester groups is 2. The van der Waals surface area contributed by atoms with Gasteiger partial charge in [0.1, 0.15) is 19.3 Å². The normalized spacial score (nSPS) is 13.8. The molecule has 0 bridgehead atoms. The Bertz CT molecular complexity index is 2060. The summed E-state index contributed by atoms with van der Waals surface area (Å²) >= 11 is 0. The molecule has 17 nitrogen and oxygen atoms in total. The maximum Gasteiger partial charge on any atom is 0.472 e. The Hall–Kier alpha value is -1.94. The second-order valence-electron chi connectivity index (χ2n) is 33.1. The van der Waals surface area contributed by atoms with E-state index in [-0.39, 0.29) is 25.7 Å². The summed E-state index contributed by atoms with van der Waals surface area (Å²) in [6.45, 7) is 12.0. The zero-order valence-corrected chi connectivity index (χ0v) is 72.4. The number of aliphatic hydroxyl groups is 1. The van der Waals surface area contributed by atoms with E-state index in [2.05, 4.69) is 48.5 Å². The number of aliphatic hydroxyl groups excluding tert-OH is 1. The van der Waals surface area contributed by atoms with Crippen molar-refractivity contribution in [3.63, 3.8) is 0 Å². The highest BCUT2D eigenvalue weighted by Gasteiger charge is 2.31. The van der Waals surface area contributed by atoms with Gasteiger partial charge >= 0.3 is 39.5 Å².